The molecule has 0 saturated carbocycles. The van der Waals surface area contributed by atoms with Crippen LogP contribution in [0.2, 0.25) is 0 Å². The number of benzene rings is 1. The Morgan fingerprint density at radius 1 is 1.29 bits per heavy atom. The zero-order valence-electron chi connectivity index (χ0n) is 13.9. The summed E-state index contributed by atoms with van der Waals surface area (Å²) in [6.07, 6.45) is 3.46. The van der Waals surface area contributed by atoms with Crippen molar-refractivity contribution in [2.24, 2.45) is 5.73 Å². The fraction of sp³-hybridized carbons (Fsp3) is 0.368. The van der Waals surface area contributed by atoms with E-state index in [4.69, 9.17) is 10.5 Å². The normalized spacial score (nSPS) is 20.7. The molecule has 0 aliphatic carbocycles. The van der Waals surface area contributed by atoms with Gasteiger partial charge in [0.15, 0.2) is 0 Å². The van der Waals surface area contributed by atoms with Gasteiger partial charge in [0, 0.05) is 30.4 Å². The molecule has 24 heavy (non-hydrogen) atoms. The van der Waals surface area contributed by atoms with Crippen molar-refractivity contribution >= 4 is 5.91 Å². The van der Waals surface area contributed by atoms with Crippen molar-refractivity contribution in [3.63, 3.8) is 0 Å². The van der Waals surface area contributed by atoms with Gasteiger partial charge in [-0.2, -0.15) is 0 Å². The van der Waals surface area contributed by atoms with Gasteiger partial charge in [-0.25, -0.2) is 0 Å². The van der Waals surface area contributed by atoms with Crippen LogP contribution in [0, 0.1) is 0 Å². The molecule has 1 amide bonds. The molecule has 5 heteroatoms. The fourth-order valence-electron chi connectivity index (χ4n) is 3.01. The highest BCUT2D eigenvalue weighted by atomic mass is 16.5. The van der Waals surface area contributed by atoms with E-state index in [0.29, 0.717) is 12.2 Å². The van der Waals surface area contributed by atoms with Gasteiger partial charge in [0.25, 0.3) is 5.91 Å². The van der Waals surface area contributed by atoms with Crippen molar-refractivity contribution < 1.29 is 9.53 Å². The number of carbonyl (C=O) groups excluding carboxylic acids is 1. The standard InChI is InChI=1S/C19H23N3O2/c1-14-12-16(20)9-11-22(14)19(23)15-5-7-18(8-6-15)24-13-17-4-2-3-10-21-17/h2-8,10,14,16H,9,11-13,20H2,1H3/t14-,16-/m1/s1. The number of likely N-dealkylation sites (tertiary alicyclic amines) is 1. The van der Waals surface area contributed by atoms with Gasteiger partial charge in [-0.1, -0.05) is 6.07 Å². The summed E-state index contributed by atoms with van der Waals surface area (Å²) >= 11 is 0. The number of aromatic nitrogens is 1. The highest BCUT2D eigenvalue weighted by Crippen LogP contribution is 2.20. The summed E-state index contributed by atoms with van der Waals surface area (Å²) in [6.45, 7) is 3.19. The Bertz CT molecular complexity index is 673. The van der Waals surface area contributed by atoms with Crippen LogP contribution in [0.4, 0.5) is 0 Å². The van der Waals surface area contributed by atoms with E-state index in [0.717, 1.165) is 30.8 Å². The second-order valence-electron chi connectivity index (χ2n) is 6.27. The van der Waals surface area contributed by atoms with Gasteiger partial charge in [0.2, 0.25) is 0 Å². The molecular weight excluding hydrogens is 302 g/mol. The second-order valence-corrected chi connectivity index (χ2v) is 6.27. The highest BCUT2D eigenvalue weighted by Gasteiger charge is 2.27. The Kier molecular flexibility index (Phi) is 5.11. The van der Waals surface area contributed by atoms with Crippen LogP contribution in [0.1, 0.15) is 35.8 Å². The van der Waals surface area contributed by atoms with E-state index in [2.05, 4.69) is 11.9 Å². The fourth-order valence-corrected chi connectivity index (χ4v) is 3.01. The molecule has 2 N–H and O–H groups in total. The lowest BCUT2D eigenvalue weighted by Crippen LogP contribution is -2.48. The van der Waals surface area contributed by atoms with Crippen LogP contribution in [0.15, 0.2) is 48.7 Å². The lowest BCUT2D eigenvalue weighted by Gasteiger charge is -2.36. The molecule has 3 rings (SSSR count). The molecule has 0 unspecified atom stereocenters. The van der Waals surface area contributed by atoms with Gasteiger partial charge in [-0.3, -0.25) is 9.78 Å². The Labute approximate surface area is 142 Å². The first-order valence-corrected chi connectivity index (χ1v) is 8.33. The third kappa shape index (κ3) is 3.92. The van der Waals surface area contributed by atoms with Crippen molar-refractivity contribution in [2.45, 2.75) is 38.5 Å². The maximum absolute atomic E-state index is 12.6. The molecule has 0 radical (unpaired) electrons. The summed E-state index contributed by atoms with van der Waals surface area (Å²) in [5.74, 6) is 0.789. The Hall–Kier alpha value is -2.40. The summed E-state index contributed by atoms with van der Waals surface area (Å²) in [6, 6.07) is 13.4. The minimum atomic E-state index is 0.0608. The molecule has 1 aliphatic rings. The molecule has 0 spiro atoms. The number of hydrogen-bond acceptors (Lipinski definition) is 4. The molecule has 2 atom stereocenters. The first kappa shape index (κ1) is 16.5. The zero-order valence-corrected chi connectivity index (χ0v) is 13.9. The van der Waals surface area contributed by atoms with Crippen molar-refractivity contribution in [3.05, 3.63) is 59.9 Å². The van der Waals surface area contributed by atoms with Gasteiger partial charge in [-0.15, -0.1) is 0 Å². The number of amides is 1. The van der Waals surface area contributed by atoms with Gasteiger partial charge in [0.05, 0.1) is 5.69 Å². The zero-order chi connectivity index (χ0) is 16.9. The highest BCUT2D eigenvalue weighted by molar-refractivity contribution is 5.94. The molecule has 1 aromatic heterocycles. The summed E-state index contributed by atoms with van der Waals surface area (Å²) in [5.41, 5.74) is 7.52. The molecule has 2 aromatic rings. The van der Waals surface area contributed by atoms with Crippen LogP contribution < -0.4 is 10.5 Å². The molecular formula is C19H23N3O2. The molecule has 126 valence electrons. The number of carbonyl (C=O) groups is 1. The van der Waals surface area contributed by atoms with E-state index in [1.54, 1.807) is 6.20 Å². The number of piperidine rings is 1. The van der Waals surface area contributed by atoms with Crippen LogP contribution in [-0.4, -0.2) is 34.4 Å². The van der Waals surface area contributed by atoms with Crippen LogP contribution in [0.3, 0.4) is 0 Å². The molecule has 2 heterocycles. The van der Waals surface area contributed by atoms with E-state index in [1.807, 2.05) is 47.4 Å². The first-order chi connectivity index (χ1) is 11.6. The maximum atomic E-state index is 12.6. The first-order valence-electron chi connectivity index (χ1n) is 8.33. The Morgan fingerprint density at radius 2 is 2.08 bits per heavy atom. The van der Waals surface area contributed by atoms with E-state index in [1.165, 1.54) is 0 Å². The molecule has 1 saturated heterocycles. The number of pyridine rings is 1. The smallest absolute Gasteiger partial charge is 0.254 e. The van der Waals surface area contributed by atoms with Gasteiger partial charge < -0.3 is 15.4 Å². The van der Waals surface area contributed by atoms with Crippen LogP contribution >= 0.6 is 0 Å². The third-order valence-corrected chi connectivity index (χ3v) is 4.39. The minimum absolute atomic E-state index is 0.0608. The average Bonchev–Trinajstić information content (AvgIpc) is 2.61. The SMILES string of the molecule is C[C@@H]1C[C@H](N)CCN1C(=O)c1ccc(OCc2ccccn2)cc1. The van der Waals surface area contributed by atoms with E-state index >= 15 is 0 Å². The summed E-state index contributed by atoms with van der Waals surface area (Å²) in [5, 5.41) is 0. The predicted molar refractivity (Wildman–Crippen MR) is 92.7 cm³/mol. The van der Waals surface area contributed by atoms with Crippen molar-refractivity contribution in [1.29, 1.82) is 0 Å². The topological polar surface area (TPSA) is 68.5 Å². The van der Waals surface area contributed by atoms with Crippen molar-refractivity contribution in [2.75, 3.05) is 6.54 Å². The Balaban J connectivity index is 1.60. The van der Waals surface area contributed by atoms with Gasteiger partial charge in [-0.05, 0) is 56.2 Å². The maximum Gasteiger partial charge on any atom is 0.254 e. The lowest BCUT2D eigenvalue weighted by molar-refractivity contribution is 0.0619. The second kappa shape index (κ2) is 7.45. The number of nitrogens with zero attached hydrogens (tertiary/aromatic N) is 2. The average molecular weight is 325 g/mol. The largest absolute Gasteiger partial charge is 0.487 e. The number of rotatable bonds is 4. The minimum Gasteiger partial charge on any atom is -0.487 e. The van der Waals surface area contributed by atoms with Gasteiger partial charge in [0.1, 0.15) is 12.4 Å². The molecule has 1 aliphatic heterocycles. The summed E-state index contributed by atoms with van der Waals surface area (Å²) < 4.78 is 5.70. The Morgan fingerprint density at radius 3 is 2.75 bits per heavy atom. The quantitative estimate of drug-likeness (QED) is 0.938. The van der Waals surface area contributed by atoms with Crippen molar-refractivity contribution in [1.82, 2.24) is 9.88 Å². The summed E-state index contributed by atoms with van der Waals surface area (Å²) in [7, 11) is 0. The number of ether oxygens (including phenoxy) is 1. The monoisotopic (exact) mass is 325 g/mol. The number of nitrogens with two attached hydrogens (primary N) is 1. The van der Waals surface area contributed by atoms with Gasteiger partial charge >= 0.3 is 0 Å². The lowest BCUT2D eigenvalue weighted by atomic mass is 9.98. The van der Waals surface area contributed by atoms with Crippen LogP contribution in [0.25, 0.3) is 0 Å². The third-order valence-electron chi connectivity index (χ3n) is 4.39. The van der Waals surface area contributed by atoms with Crippen LogP contribution in [0.5, 0.6) is 5.75 Å². The van der Waals surface area contributed by atoms with Crippen LogP contribution in [-0.2, 0) is 6.61 Å². The van der Waals surface area contributed by atoms with E-state index in [9.17, 15) is 4.79 Å². The predicted octanol–water partition coefficient (Wildman–Crippen LogP) is 2.61. The summed E-state index contributed by atoms with van der Waals surface area (Å²) in [4.78, 5) is 18.8. The molecule has 5 nitrogen and oxygen atoms in total. The molecule has 1 fully saturated rings. The van der Waals surface area contributed by atoms with E-state index in [-0.39, 0.29) is 18.0 Å². The van der Waals surface area contributed by atoms with Crippen molar-refractivity contribution in [3.8, 4) is 5.75 Å². The molecule has 1 aromatic carbocycles. The van der Waals surface area contributed by atoms with E-state index < -0.39 is 0 Å². The number of hydrogen-bond donors (Lipinski definition) is 1. The molecule has 0 bridgehead atoms.